The van der Waals surface area contributed by atoms with Crippen LogP contribution in [0.2, 0.25) is 0 Å². The summed E-state index contributed by atoms with van der Waals surface area (Å²) in [6.07, 6.45) is 0.375. The van der Waals surface area contributed by atoms with E-state index in [9.17, 15) is 9.59 Å². The van der Waals surface area contributed by atoms with Crippen LogP contribution in [-0.4, -0.2) is 41.7 Å². The van der Waals surface area contributed by atoms with Gasteiger partial charge in [-0.05, 0) is 17.7 Å². The predicted octanol–water partition coefficient (Wildman–Crippen LogP) is 2.38. The predicted molar refractivity (Wildman–Crippen MR) is 113 cm³/mol. The molecule has 0 fully saturated rings. The molecule has 2 unspecified atom stereocenters. The summed E-state index contributed by atoms with van der Waals surface area (Å²) in [5.74, 6) is -0.0455. The van der Waals surface area contributed by atoms with Crippen LogP contribution >= 0.6 is 0 Å². The van der Waals surface area contributed by atoms with Gasteiger partial charge in [0.25, 0.3) is 11.8 Å². The summed E-state index contributed by atoms with van der Waals surface area (Å²) < 4.78 is 11.7. The summed E-state index contributed by atoms with van der Waals surface area (Å²) in [4.78, 5) is 27.5. The topological polar surface area (TPSA) is 96.6 Å². The maximum absolute atomic E-state index is 13.1. The Balaban J connectivity index is 1.34. The Kier molecular flexibility index (Phi) is 4.91. The first-order valence-electron chi connectivity index (χ1n) is 10.1. The van der Waals surface area contributed by atoms with Gasteiger partial charge in [-0.15, -0.1) is 0 Å². The van der Waals surface area contributed by atoms with E-state index >= 15 is 0 Å². The number of carbonyl (C=O) groups is 2. The van der Waals surface area contributed by atoms with Crippen LogP contribution in [0.25, 0.3) is 0 Å². The third-order valence-electron chi connectivity index (χ3n) is 5.72. The van der Waals surface area contributed by atoms with Crippen LogP contribution in [0.4, 0.5) is 5.69 Å². The van der Waals surface area contributed by atoms with Gasteiger partial charge in [0.05, 0.1) is 24.1 Å². The van der Waals surface area contributed by atoms with Gasteiger partial charge in [0.15, 0.2) is 5.69 Å². The first kappa shape index (κ1) is 19.3. The van der Waals surface area contributed by atoms with E-state index in [-0.39, 0.29) is 24.3 Å². The summed E-state index contributed by atoms with van der Waals surface area (Å²) in [6.45, 7) is 0.396. The second kappa shape index (κ2) is 7.88. The summed E-state index contributed by atoms with van der Waals surface area (Å²) in [6, 6.07) is 16.4. The second-order valence-electron chi connectivity index (χ2n) is 7.65. The molecule has 2 aromatic carbocycles. The van der Waals surface area contributed by atoms with Gasteiger partial charge in [0, 0.05) is 19.0 Å². The van der Waals surface area contributed by atoms with E-state index in [4.69, 9.17) is 9.47 Å². The van der Waals surface area contributed by atoms with Crippen molar-refractivity contribution in [3.63, 3.8) is 0 Å². The number of ether oxygens (including phenoxy) is 2. The molecule has 1 aromatic heterocycles. The minimum atomic E-state index is -0.818. The molecule has 2 N–H and O–H groups in total. The number of hydrogen-bond donors (Lipinski definition) is 2. The maximum Gasteiger partial charge on any atom is 0.272 e. The van der Waals surface area contributed by atoms with Crippen LogP contribution in [0.15, 0.2) is 54.6 Å². The van der Waals surface area contributed by atoms with Crippen molar-refractivity contribution in [3.05, 3.63) is 77.1 Å². The van der Waals surface area contributed by atoms with Crippen molar-refractivity contribution in [1.82, 2.24) is 15.5 Å². The van der Waals surface area contributed by atoms with E-state index in [1.807, 2.05) is 48.5 Å². The molecule has 3 heterocycles. The Morgan fingerprint density at radius 3 is 2.77 bits per heavy atom. The Hall–Kier alpha value is -3.65. The zero-order chi connectivity index (χ0) is 21.4. The molecular formula is C23H22N4O4. The van der Waals surface area contributed by atoms with Gasteiger partial charge in [-0.1, -0.05) is 42.5 Å². The fraction of sp³-hybridized carbons (Fsp3) is 0.261. The molecular weight excluding hydrogens is 396 g/mol. The number of rotatable bonds is 3. The van der Waals surface area contributed by atoms with Crippen LogP contribution in [0.1, 0.15) is 33.4 Å². The molecule has 2 amide bonds. The van der Waals surface area contributed by atoms with Crippen LogP contribution in [0.5, 0.6) is 5.75 Å². The van der Waals surface area contributed by atoms with E-state index in [2.05, 4.69) is 15.5 Å². The van der Waals surface area contributed by atoms with Gasteiger partial charge < -0.3 is 19.7 Å². The number of para-hydroxylation sites is 2. The second-order valence-corrected chi connectivity index (χ2v) is 7.65. The number of aromatic amines is 1. The normalized spacial score (nSPS) is 20.3. The summed E-state index contributed by atoms with van der Waals surface area (Å²) in [7, 11) is 1.67. The van der Waals surface area contributed by atoms with Crippen molar-refractivity contribution in [1.29, 1.82) is 0 Å². The lowest BCUT2D eigenvalue weighted by Gasteiger charge is -2.24. The highest BCUT2D eigenvalue weighted by atomic mass is 16.5. The SMILES string of the molecule is CN1C(=O)C(NC(=O)c2n[nH]c3c2CC(c2ccccc2)OC3)COc2ccccc21. The number of hydrogen-bond acceptors (Lipinski definition) is 5. The van der Waals surface area contributed by atoms with Crippen LogP contribution in [-0.2, 0) is 22.6 Å². The van der Waals surface area contributed by atoms with Gasteiger partial charge in [0.2, 0.25) is 0 Å². The molecule has 0 saturated carbocycles. The van der Waals surface area contributed by atoms with E-state index in [1.165, 1.54) is 4.90 Å². The van der Waals surface area contributed by atoms with E-state index in [0.717, 1.165) is 16.8 Å². The monoisotopic (exact) mass is 418 g/mol. The van der Waals surface area contributed by atoms with Gasteiger partial charge in [0.1, 0.15) is 18.4 Å². The number of nitrogens with one attached hydrogen (secondary N) is 2. The maximum atomic E-state index is 13.1. The summed E-state index contributed by atoms with van der Waals surface area (Å²) in [5, 5.41) is 9.92. The van der Waals surface area contributed by atoms with Crippen molar-refractivity contribution in [2.45, 2.75) is 25.2 Å². The number of aromatic nitrogens is 2. The van der Waals surface area contributed by atoms with E-state index in [0.29, 0.717) is 24.5 Å². The largest absolute Gasteiger partial charge is 0.489 e. The van der Waals surface area contributed by atoms with Crippen molar-refractivity contribution in [2.24, 2.45) is 0 Å². The molecule has 2 aliphatic heterocycles. The van der Waals surface area contributed by atoms with E-state index < -0.39 is 11.9 Å². The highest BCUT2D eigenvalue weighted by molar-refractivity contribution is 6.03. The molecule has 2 atom stereocenters. The number of H-pyrrole nitrogens is 1. The zero-order valence-electron chi connectivity index (χ0n) is 17.0. The van der Waals surface area contributed by atoms with Crippen molar-refractivity contribution < 1.29 is 19.1 Å². The molecule has 0 spiro atoms. The van der Waals surface area contributed by atoms with Crippen molar-refractivity contribution in [3.8, 4) is 5.75 Å². The standard InChI is InChI=1S/C23H22N4O4/c1-27-18-9-5-6-10-19(18)30-13-17(23(27)29)24-22(28)21-15-11-20(14-7-3-2-4-8-14)31-12-16(15)25-26-21/h2-10,17,20H,11-13H2,1H3,(H,24,28)(H,25,26). The third kappa shape index (κ3) is 3.55. The molecule has 31 heavy (non-hydrogen) atoms. The molecule has 8 heteroatoms. The lowest BCUT2D eigenvalue weighted by atomic mass is 9.97. The van der Waals surface area contributed by atoms with Gasteiger partial charge in [-0.25, -0.2) is 0 Å². The van der Waals surface area contributed by atoms with Crippen LogP contribution in [0.3, 0.4) is 0 Å². The van der Waals surface area contributed by atoms with E-state index in [1.54, 1.807) is 13.1 Å². The Labute approximate surface area is 179 Å². The summed E-state index contributed by atoms with van der Waals surface area (Å²) >= 11 is 0. The lowest BCUT2D eigenvalue weighted by molar-refractivity contribution is -0.120. The Morgan fingerprint density at radius 1 is 1.16 bits per heavy atom. The molecule has 0 radical (unpaired) electrons. The number of nitrogens with zero attached hydrogens (tertiary/aromatic N) is 2. The molecule has 0 saturated heterocycles. The first-order chi connectivity index (χ1) is 15.1. The van der Waals surface area contributed by atoms with Crippen LogP contribution in [0, 0.1) is 0 Å². The number of amides is 2. The highest BCUT2D eigenvalue weighted by Crippen LogP contribution is 2.32. The number of anilines is 1. The average Bonchev–Trinajstić information content (AvgIpc) is 3.20. The highest BCUT2D eigenvalue weighted by Gasteiger charge is 2.33. The van der Waals surface area contributed by atoms with Gasteiger partial charge in [-0.3, -0.25) is 14.7 Å². The molecule has 8 nitrogen and oxygen atoms in total. The van der Waals surface area contributed by atoms with Gasteiger partial charge >= 0.3 is 0 Å². The quantitative estimate of drug-likeness (QED) is 0.681. The molecule has 2 aliphatic rings. The average molecular weight is 418 g/mol. The smallest absolute Gasteiger partial charge is 0.272 e. The summed E-state index contributed by atoms with van der Waals surface area (Å²) in [5.41, 5.74) is 3.61. The fourth-order valence-electron chi connectivity index (χ4n) is 4.02. The fourth-order valence-corrected chi connectivity index (χ4v) is 4.02. The van der Waals surface area contributed by atoms with Crippen LogP contribution < -0.4 is 15.0 Å². The molecule has 0 bridgehead atoms. The Bertz CT molecular complexity index is 1130. The Morgan fingerprint density at radius 2 is 1.94 bits per heavy atom. The minimum absolute atomic E-state index is 0.0499. The number of benzene rings is 2. The molecule has 3 aromatic rings. The van der Waals surface area contributed by atoms with Crippen molar-refractivity contribution >= 4 is 17.5 Å². The van der Waals surface area contributed by atoms with Crippen molar-refractivity contribution in [2.75, 3.05) is 18.6 Å². The molecule has 158 valence electrons. The molecule has 5 rings (SSSR count). The number of carbonyl (C=O) groups excluding carboxylic acids is 2. The molecule has 0 aliphatic carbocycles. The zero-order valence-corrected chi connectivity index (χ0v) is 17.0. The number of fused-ring (bicyclic) bond motifs is 2. The third-order valence-corrected chi connectivity index (χ3v) is 5.72. The minimum Gasteiger partial charge on any atom is -0.489 e. The van der Waals surface area contributed by atoms with Gasteiger partial charge in [-0.2, -0.15) is 5.10 Å². The first-order valence-corrected chi connectivity index (χ1v) is 10.1. The lowest BCUT2D eigenvalue weighted by Crippen LogP contribution is -2.49. The number of likely N-dealkylation sites (N-methyl/N-ethyl adjacent to an activating group) is 1.